The molecule has 0 saturated heterocycles. The summed E-state index contributed by atoms with van der Waals surface area (Å²) in [7, 11) is 0. The Balaban J connectivity index is 3.98. The first-order valence-corrected chi connectivity index (χ1v) is 5.00. The van der Waals surface area contributed by atoms with Gasteiger partial charge in [-0.05, 0) is 20.8 Å². The Morgan fingerprint density at radius 3 is 2.38 bits per heavy atom. The monoisotopic (exact) mass is 227 g/mol. The fourth-order valence-corrected chi connectivity index (χ4v) is 1.02. The highest BCUT2D eigenvalue weighted by atomic mass is 16.5. The first-order chi connectivity index (χ1) is 7.43. The van der Waals surface area contributed by atoms with Gasteiger partial charge in [0.15, 0.2) is 0 Å². The number of carbonyl (C=O) groups excluding carboxylic acids is 2. The van der Waals surface area contributed by atoms with E-state index in [1.807, 2.05) is 20.8 Å². The highest BCUT2D eigenvalue weighted by Gasteiger charge is 2.20. The lowest BCUT2D eigenvalue weighted by atomic mass is 10.1. The molecule has 0 saturated carbocycles. The molecule has 90 valence electrons. The predicted octanol–water partition coefficient (Wildman–Crippen LogP) is -0.443. The first-order valence-electron chi connectivity index (χ1n) is 5.00. The van der Waals surface area contributed by atoms with Crippen LogP contribution in [-0.2, 0) is 14.3 Å². The Bertz CT molecular complexity index is 294. The molecule has 0 aromatic rings. The maximum absolute atomic E-state index is 11.2. The first kappa shape index (κ1) is 14.4. The number of carbonyl (C=O) groups is 2. The Morgan fingerprint density at radius 1 is 1.31 bits per heavy atom. The molecule has 0 rings (SSSR count). The smallest absolute Gasteiger partial charge is 0.310 e. The summed E-state index contributed by atoms with van der Waals surface area (Å²) >= 11 is 0. The lowest BCUT2D eigenvalue weighted by Gasteiger charge is -2.24. The summed E-state index contributed by atoms with van der Waals surface area (Å²) in [5.74, 6) is -1.57. The van der Waals surface area contributed by atoms with Gasteiger partial charge in [0.1, 0.15) is 6.54 Å². The van der Waals surface area contributed by atoms with Crippen molar-refractivity contribution in [1.82, 2.24) is 10.6 Å². The molecular formula is C10H17N3O3. The van der Waals surface area contributed by atoms with Crippen LogP contribution < -0.4 is 10.6 Å². The Morgan fingerprint density at radius 2 is 1.88 bits per heavy atom. The molecule has 2 N–H and O–H groups in total. The number of amides is 2. The van der Waals surface area contributed by atoms with Gasteiger partial charge in [0, 0.05) is 13.2 Å². The maximum atomic E-state index is 11.2. The van der Waals surface area contributed by atoms with Gasteiger partial charge >= 0.3 is 11.8 Å². The molecule has 0 atom stereocenters. The fourth-order valence-electron chi connectivity index (χ4n) is 1.02. The molecule has 16 heavy (non-hydrogen) atoms. The van der Waals surface area contributed by atoms with E-state index in [0.717, 1.165) is 0 Å². The Labute approximate surface area is 95.0 Å². The number of rotatable bonds is 5. The standard InChI is InChI=1S/C10H17N3O3/c1-4-16-10(2,3)7-13-9(15)8(14)12-6-5-11/h4,6-7H2,1-3H3,(H,12,14)(H,13,15). The van der Waals surface area contributed by atoms with Crippen LogP contribution in [0.25, 0.3) is 0 Å². The van der Waals surface area contributed by atoms with Crippen LogP contribution in [0.3, 0.4) is 0 Å². The number of nitrogens with one attached hydrogen (secondary N) is 2. The second-order valence-electron chi connectivity index (χ2n) is 3.72. The molecule has 0 aliphatic heterocycles. The number of nitrogens with zero attached hydrogens (tertiary/aromatic N) is 1. The van der Waals surface area contributed by atoms with Crippen molar-refractivity contribution in [2.24, 2.45) is 0 Å². The quantitative estimate of drug-likeness (QED) is 0.492. The molecule has 0 spiro atoms. The second kappa shape index (κ2) is 6.80. The van der Waals surface area contributed by atoms with Crippen LogP contribution in [0.15, 0.2) is 0 Å². The van der Waals surface area contributed by atoms with E-state index in [9.17, 15) is 9.59 Å². The molecule has 0 bridgehead atoms. The van der Waals surface area contributed by atoms with Crippen molar-refractivity contribution < 1.29 is 14.3 Å². The van der Waals surface area contributed by atoms with Gasteiger partial charge in [-0.3, -0.25) is 9.59 Å². The Hall–Kier alpha value is -1.61. The van der Waals surface area contributed by atoms with Crippen LogP contribution in [-0.4, -0.2) is 37.1 Å². The summed E-state index contributed by atoms with van der Waals surface area (Å²) in [5, 5.41) is 12.8. The zero-order chi connectivity index (χ0) is 12.6. The highest BCUT2D eigenvalue weighted by molar-refractivity contribution is 6.35. The van der Waals surface area contributed by atoms with Crippen molar-refractivity contribution >= 4 is 11.8 Å². The minimum absolute atomic E-state index is 0.179. The average Bonchev–Trinajstić information content (AvgIpc) is 2.22. The van der Waals surface area contributed by atoms with Gasteiger partial charge in [0.25, 0.3) is 0 Å². The van der Waals surface area contributed by atoms with E-state index in [4.69, 9.17) is 10.00 Å². The maximum Gasteiger partial charge on any atom is 0.310 e. The summed E-state index contributed by atoms with van der Waals surface area (Å²) in [4.78, 5) is 22.3. The molecule has 0 fully saturated rings. The fraction of sp³-hybridized carbons (Fsp3) is 0.700. The van der Waals surface area contributed by atoms with Gasteiger partial charge in [-0.2, -0.15) is 5.26 Å². The van der Waals surface area contributed by atoms with Crippen molar-refractivity contribution in [2.75, 3.05) is 19.7 Å². The summed E-state index contributed by atoms with van der Waals surface area (Å²) < 4.78 is 5.34. The molecule has 0 aromatic heterocycles. The van der Waals surface area contributed by atoms with Gasteiger partial charge in [-0.1, -0.05) is 0 Å². The third kappa shape index (κ3) is 5.98. The van der Waals surface area contributed by atoms with Crippen molar-refractivity contribution in [3.63, 3.8) is 0 Å². The summed E-state index contributed by atoms with van der Waals surface area (Å²) in [6.07, 6.45) is 0. The summed E-state index contributed by atoms with van der Waals surface area (Å²) in [6, 6.07) is 1.71. The van der Waals surface area contributed by atoms with E-state index < -0.39 is 17.4 Å². The van der Waals surface area contributed by atoms with Crippen molar-refractivity contribution in [2.45, 2.75) is 26.4 Å². The van der Waals surface area contributed by atoms with Crippen LogP contribution in [0.1, 0.15) is 20.8 Å². The van der Waals surface area contributed by atoms with E-state index in [0.29, 0.717) is 6.61 Å². The highest BCUT2D eigenvalue weighted by Crippen LogP contribution is 2.06. The number of hydrogen-bond donors (Lipinski definition) is 2. The van der Waals surface area contributed by atoms with Crippen LogP contribution >= 0.6 is 0 Å². The lowest BCUT2D eigenvalue weighted by Crippen LogP contribution is -2.46. The van der Waals surface area contributed by atoms with Gasteiger partial charge < -0.3 is 15.4 Å². The molecule has 6 heteroatoms. The van der Waals surface area contributed by atoms with E-state index in [1.54, 1.807) is 6.07 Å². The number of nitriles is 1. The third-order valence-corrected chi connectivity index (χ3v) is 1.74. The minimum atomic E-state index is -0.811. The molecule has 0 heterocycles. The van der Waals surface area contributed by atoms with Crippen LogP contribution in [0.4, 0.5) is 0 Å². The zero-order valence-electron chi connectivity index (χ0n) is 9.79. The van der Waals surface area contributed by atoms with E-state index >= 15 is 0 Å². The minimum Gasteiger partial charge on any atom is -0.374 e. The number of ether oxygens (including phenoxy) is 1. The van der Waals surface area contributed by atoms with Crippen molar-refractivity contribution in [3.8, 4) is 6.07 Å². The average molecular weight is 227 g/mol. The van der Waals surface area contributed by atoms with Crippen molar-refractivity contribution in [3.05, 3.63) is 0 Å². The molecule has 0 aliphatic carbocycles. The van der Waals surface area contributed by atoms with Crippen LogP contribution in [0.2, 0.25) is 0 Å². The van der Waals surface area contributed by atoms with E-state index in [2.05, 4.69) is 10.6 Å². The molecule has 0 aliphatic rings. The van der Waals surface area contributed by atoms with Crippen LogP contribution in [0, 0.1) is 11.3 Å². The lowest BCUT2D eigenvalue weighted by molar-refractivity contribution is -0.139. The van der Waals surface area contributed by atoms with Crippen molar-refractivity contribution in [1.29, 1.82) is 5.26 Å². The van der Waals surface area contributed by atoms with Gasteiger partial charge in [0.05, 0.1) is 11.7 Å². The molecule has 0 aromatic carbocycles. The predicted molar refractivity (Wildman–Crippen MR) is 57.3 cm³/mol. The molecule has 0 radical (unpaired) electrons. The third-order valence-electron chi connectivity index (χ3n) is 1.74. The second-order valence-corrected chi connectivity index (χ2v) is 3.72. The zero-order valence-corrected chi connectivity index (χ0v) is 9.79. The topological polar surface area (TPSA) is 91.2 Å². The number of hydrogen-bond acceptors (Lipinski definition) is 4. The van der Waals surface area contributed by atoms with E-state index in [1.165, 1.54) is 0 Å². The largest absolute Gasteiger partial charge is 0.374 e. The van der Waals surface area contributed by atoms with E-state index in [-0.39, 0.29) is 13.1 Å². The SMILES string of the molecule is CCOC(C)(C)CNC(=O)C(=O)NCC#N. The summed E-state index contributed by atoms with van der Waals surface area (Å²) in [5.41, 5.74) is -0.514. The van der Waals surface area contributed by atoms with Gasteiger partial charge in [-0.25, -0.2) is 0 Å². The van der Waals surface area contributed by atoms with Gasteiger partial charge in [-0.15, -0.1) is 0 Å². The van der Waals surface area contributed by atoms with Gasteiger partial charge in [0.2, 0.25) is 0 Å². The van der Waals surface area contributed by atoms with Crippen LogP contribution in [0.5, 0.6) is 0 Å². The summed E-state index contributed by atoms with van der Waals surface area (Å²) in [6.45, 7) is 6.06. The molecular weight excluding hydrogens is 210 g/mol. The Kier molecular flexibility index (Phi) is 6.11. The molecule has 2 amide bonds. The molecule has 0 unspecified atom stereocenters. The molecule has 6 nitrogen and oxygen atoms in total. The normalized spacial score (nSPS) is 10.4.